The monoisotopic (exact) mass is 600 g/mol. The first-order valence-electron chi connectivity index (χ1n) is 11.6. The lowest BCUT2D eigenvalue weighted by Gasteiger charge is -2.16. The Morgan fingerprint density at radius 1 is 1.25 bits per heavy atom. The van der Waals surface area contributed by atoms with Gasteiger partial charge in [0.15, 0.2) is 0 Å². The number of nitriles is 1. The van der Waals surface area contributed by atoms with Crippen LogP contribution in [0.5, 0.6) is 5.75 Å². The van der Waals surface area contributed by atoms with E-state index in [1.165, 1.54) is 27.5 Å². The summed E-state index contributed by atoms with van der Waals surface area (Å²) >= 11 is 13.5. The molecule has 0 spiro atoms. The van der Waals surface area contributed by atoms with Crippen molar-refractivity contribution in [3.8, 4) is 22.9 Å². The summed E-state index contributed by atoms with van der Waals surface area (Å²) in [6.07, 6.45) is -1.56. The van der Waals surface area contributed by atoms with E-state index < -0.39 is 29.1 Å². The van der Waals surface area contributed by atoms with Gasteiger partial charge in [-0.3, -0.25) is 14.3 Å². The molecule has 0 aliphatic carbocycles. The lowest BCUT2D eigenvalue weighted by Crippen LogP contribution is -2.27. The van der Waals surface area contributed by atoms with Crippen LogP contribution < -0.4 is 10.3 Å². The summed E-state index contributed by atoms with van der Waals surface area (Å²) in [4.78, 5) is 33.5. The smallest absolute Gasteiger partial charge is 0.338 e. The highest BCUT2D eigenvalue weighted by Gasteiger charge is 2.24. The Morgan fingerprint density at radius 3 is 2.73 bits per heavy atom. The molecule has 40 heavy (non-hydrogen) atoms. The molecule has 0 atom stereocenters. The Morgan fingerprint density at radius 2 is 2.02 bits per heavy atom. The predicted octanol–water partition coefficient (Wildman–Crippen LogP) is 6.87. The molecule has 5 aromatic rings. The van der Waals surface area contributed by atoms with E-state index in [-0.39, 0.29) is 40.5 Å². The van der Waals surface area contributed by atoms with Crippen molar-refractivity contribution in [2.45, 2.75) is 19.9 Å². The molecule has 0 saturated heterocycles. The molecule has 2 aromatic carbocycles. The van der Waals surface area contributed by atoms with Crippen molar-refractivity contribution >= 4 is 61.6 Å². The number of carbonyl (C=O) groups is 1. The second-order valence-corrected chi connectivity index (χ2v) is 10.3. The summed E-state index contributed by atoms with van der Waals surface area (Å²) in [6, 6.07) is 9.51. The number of fused-ring (bicyclic) bond motifs is 2. The molecule has 0 aliphatic heterocycles. The SMILES string of the molecule is Cc1nc2cc(Cl)c(C(F)F)c(C#N)c2c(=O)n1CCOc1ccc(Cl)cc1-c1ccnc2c(C(=O)O)csc12. The zero-order valence-electron chi connectivity index (χ0n) is 20.4. The Labute approximate surface area is 238 Å². The molecule has 3 aromatic heterocycles. The van der Waals surface area contributed by atoms with Gasteiger partial charge in [0.2, 0.25) is 0 Å². The summed E-state index contributed by atoms with van der Waals surface area (Å²) in [5, 5.41) is 20.4. The molecular weight excluding hydrogens is 585 g/mol. The molecule has 0 amide bonds. The molecule has 0 fully saturated rings. The van der Waals surface area contributed by atoms with Gasteiger partial charge in [-0.1, -0.05) is 23.2 Å². The summed E-state index contributed by atoms with van der Waals surface area (Å²) in [7, 11) is 0. The van der Waals surface area contributed by atoms with Gasteiger partial charge in [-0.05, 0) is 37.3 Å². The molecule has 0 unspecified atom stereocenters. The summed E-state index contributed by atoms with van der Waals surface area (Å²) in [6.45, 7) is 1.53. The molecule has 0 radical (unpaired) electrons. The molecule has 1 N–H and O–H groups in total. The van der Waals surface area contributed by atoms with Gasteiger partial charge < -0.3 is 9.84 Å². The van der Waals surface area contributed by atoms with Gasteiger partial charge in [0.25, 0.3) is 12.0 Å². The van der Waals surface area contributed by atoms with Crippen LogP contribution in [0.2, 0.25) is 10.0 Å². The number of carboxylic acid groups (broad SMARTS) is 1. The van der Waals surface area contributed by atoms with E-state index in [0.29, 0.717) is 32.1 Å². The summed E-state index contributed by atoms with van der Waals surface area (Å²) in [5.41, 5.74) is -0.186. The summed E-state index contributed by atoms with van der Waals surface area (Å²) in [5.74, 6) is -0.408. The van der Waals surface area contributed by atoms with E-state index in [4.69, 9.17) is 27.9 Å². The first-order chi connectivity index (χ1) is 19.1. The molecule has 0 aliphatic rings. The zero-order chi connectivity index (χ0) is 28.7. The number of halogens is 4. The fourth-order valence-corrected chi connectivity index (χ4v) is 5.93. The van der Waals surface area contributed by atoms with Gasteiger partial charge in [0, 0.05) is 27.7 Å². The van der Waals surface area contributed by atoms with Crippen molar-refractivity contribution in [1.29, 1.82) is 5.26 Å². The number of benzene rings is 2. The zero-order valence-corrected chi connectivity index (χ0v) is 22.7. The minimum Gasteiger partial charge on any atom is -0.491 e. The molecule has 3 heterocycles. The van der Waals surface area contributed by atoms with Crippen LogP contribution in [0.1, 0.15) is 33.7 Å². The van der Waals surface area contributed by atoms with Crippen LogP contribution in [0.25, 0.3) is 32.2 Å². The van der Waals surface area contributed by atoms with Crippen LogP contribution in [0.3, 0.4) is 0 Å². The van der Waals surface area contributed by atoms with E-state index >= 15 is 0 Å². The standard InChI is InChI=1S/C27H16Cl2F2N4O4S/c1-12-34-19-9-18(29)21(25(30)31)16(10-32)22(19)26(36)35(12)6-7-39-20-3-2-13(28)8-15(20)14-4-5-33-23-17(27(37)38)11-40-24(14)23/h2-5,8-9,11,25H,6-7H2,1H3,(H,37,38). The van der Waals surface area contributed by atoms with Crippen molar-refractivity contribution in [2.24, 2.45) is 0 Å². The van der Waals surface area contributed by atoms with E-state index in [2.05, 4.69) is 9.97 Å². The number of alkyl halides is 2. The van der Waals surface area contributed by atoms with Crippen LogP contribution in [0.15, 0.2) is 46.7 Å². The van der Waals surface area contributed by atoms with Crippen LogP contribution in [-0.4, -0.2) is 32.2 Å². The van der Waals surface area contributed by atoms with Crippen molar-refractivity contribution in [3.63, 3.8) is 0 Å². The largest absolute Gasteiger partial charge is 0.491 e. The van der Waals surface area contributed by atoms with Crippen LogP contribution in [-0.2, 0) is 6.54 Å². The van der Waals surface area contributed by atoms with Gasteiger partial charge >= 0.3 is 5.97 Å². The normalized spacial score (nSPS) is 11.3. The first-order valence-corrected chi connectivity index (χ1v) is 13.2. The van der Waals surface area contributed by atoms with Crippen LogP contribution >= 0.6 is 34.5 Å². The third-order valence-electron chi connectivity index (χ3n) is 6.25. The minimum absolute atomic E-state index is 0.0128. The third-order valence-corrected chi connectivity index (χ3v) is 7.80. The number of hydrogen-bond donors (Lipinski definition) is 1. The molecule has 0 bridgehead atoms. The van der Waals surface area contributed by atoms with E-state index in [0.717, 1.165) is 6.07 Å². The van der Waals surface area contributed by atoms with E-state index in [1.807, 2.05) is 0 Å². The fraction of sp³-hybridized carbons (Fsp3) is 0.148. The van der Waals surface area contributed by atoms with Crippen LogP contribution in [0, 0.1) is 18.3 Å². The Hall–Kier alpha value is -4.11. The highest BCUT2D eigenvalue weighted by Crippen LogP contribution is 2.39. The maximum atomic E-state index is 13.6. The van der Waals surface area contributed by atoms with Gasteiger partial charge in [0.1, 0.15) is 24.3 Å². The number of aromatic carboxylic acids is 1. The van der Waals surface area contributed by atoms with E-state index in [1.54, 1.807) is 37.3 Å². The number of ether oxygens (including phenoxy) is 1. The van der Waals surface area contributed by atoms with Crippen LogP contribution in [0.4, 0.5) is 8.78 Å². The molecule has 5 rings (SSSR count). The van der Waals surface area contributed by atoms with Gasteiger partial charge in [-0.2, -0.15) is 5.26 Å². The molecule has 0 saturated carbocycles. The second-order valence-electron chi connectivity index (χ2n) is 8.55. The topological polar surface area (TPSA) is 118 Å². The number of hydrogen-bond acceptors (Lipinski definition) is 7. The van der Waals surface area contributed by atoms with Gasteiger partial charge in [-0.15, -0.1) is 11.3 Å². The quantitative estimate of drug-likeness (QED) is 0.216. The van der Waals surface area contributed by atoms with Gasteiger partial charge in [-0.25, -0.2) is 18.6 Å². The average Bonchev–Trinajstić information content (AvgIpc) is 3.35. The highest BCUT2D eigenvalue weighted by atomic mass is 35.5. The number of aromatic nitrogens is 3. The second kappa shape index (κ2) is 10.8. The Kier molecular flexibility index (Phi) is 7.42. The molecule has 202 valence electrons. The van der Waals surface area contributed by atoms with Crippen molar-refractivity contribution < 1.29 is 23.4 Å². The maximum Gasteiger partial charge on any atom is 0.338 e. The number of thiophene rings is 1. The molecule has 13 heteroatoms. The highest BCUT2D eigenvalue weighted by molar-refractivity contribution is 7.18. The van der Waals surface area contributed by atoms with Crippen molar-refractivity contribution in [1.82, 2.24) is 14.5 Å². The summed E-state index contributed by atoms with van der Waals surface area (Å²) < 4.78 is 35.2. The maximum absolute atomic E-state index is 13.6. The number of rotatable bonds is 7. The Bertz CT molecular complexity index is 1930. The predicted molar refractivity (Wildman–Crippen MR) is 148 cm³/mol. The average molecular weight is 601 g/mol. The fourth-order valence-electron chi connectivity index (χ4n) is 4.45. The van der Waals surface area contributed by atoms with Gasteiger partial charge in [0.05, 0.1) is 49.4 Å². The Balaban J connectivity index is 1.51. The lowest BCUT2D eigenvalue weighted by molar-refractivity contribution is 0.0699. The van der Waals surface area contributed by atoms with E-state index in [9.17, 15) is 28.7 Å². The number of nitrogens with zero attached hydrogens (tertiary/aromatic N) is 4. The number of carboxylic acids is 1. The molecule has 8 nitrogen and oxygen atoms in total. The minimum atomic E-state index is -3.05. The third kappa shape index (κ3) is 4.75. The number of aryl methyl sites for hydroxylation is 1. The number of pyridine rings is 1. The van der Waals surface area contributed by atoms with Crippen molar-refractivity contribution in [2.75, 3.05) is 6.61 Å². The molecular formula is C27H16Cl2F2N4O4S. The van der Waals surface area contributed by atoms with Crippen molar-refractivity contribution in [3.05, 3.63) is 84.8 Å². The first kappa shape index (κ1) is 27.5. The lowest BCUT2D eigenvalue weighted by atomic mass is 10.0.